The van der Waals surface area contributed by atoms with Crippen molar-refractivity contribution in [2.75, 3.05) is 25.5 Å². The molecule has 0 spiro atoms. The van der Waals surface area contributed by atoms with Crippen molar-refractivity contribution in [2.24, 2.45) is 0 Å². The first-order chi connectivity index (χ1) is 9.10. The number of carboxylic acid groups (broad SMARTS) is 1. The molecule has 1 aromatic rings. The molecule has 0 radical (unpaired) electrons. The van der Waals surface area contributed by atoms with Crippen molar-refractivity contribution in [2.45, 2.75) is 18.9 Å². The summed E-state index contributed by atoms with van der Waals surface area (Å²) in [4.78, 5) is 20.5. The molecule has 1 aliphatic rings. The van der Waals surface area contributed by atoms with Crippen LogP contribution in [-0.2, 0) is 0 Å². The second-order valence-electron chi connectivity index (χ2n) is 4.26. The molecular weight excluding hydrogens is 272 g/mol. The summed E-state index contributed by atoms with van der Waals surface area (Å²) < 4.78 is 5.01. The minimum atomic E-state index is -0.902. The Balaban J connectivity index is 2.02. The Morgan fingerprint density at radius 1 is 1.68 bits per heavy atom. The number of nitrogens with one attached hydrogen (secondary N) is 1. The SMILES string of the molecule is COc1nc(NC2CCCN(C(=O)O)C2)ncc1Cl. The fourth-order valence-corrected chi connectivity index (χ4v) is 2.18. The maximum atomic E-state index is 10.9. The van der Waals surface area contributed by atoms with E-state index in [1.807, 2.05) is 0 Å². The number of halogens is 1. The lowest BCUT2D eigenvalue weighted by atomic mass is 10.1. The second-order valence-corrected chi connectivity index (χ2v) is 4.67. The van der Waals surface area contributed by atoms with Crippen molar-refractivity contribution in [3.63, 3.8) is 0 Å². The van der Waals surface area contributed by atoms with Crippen LogP contribution in [0.25, 0.3) is 0 Å². The summed E-state index contributed by atoms with van der Waals surface area (Å²) in [6.07, 6.45) is 2.24. The van der Waals surface area contributed by atoms with Gasteiger partial charge in [0.2, 0.25) is 11.8 Å². The van der Waals surface area contributed by atoms with Crippen LogP contribution in [0.4, 0.5) is 10.7 Å². The Bertz CT molecular complexity index is 471. The van der Waals surface area contributed by atoms with E-state index in [-0.39, 0.29) is 6.04 Å². The molecule has 2 N–H and O–H groups in total. The standard InChI is InChI=1S/C11H15ClN4O3/c1-19-9-8(12)5-13-10(15-9)14-7-3-2-4-16(6-7)11(17)18/h5,7H,2-4,6H2,1H3,(H,17,18)(H,13,14,15). The van der Waals surface area contributed by atoms with Gasteiger partial charge < -0.3 is 20.1 Å². The van der Waals surface area contributed by atoms with Crippen LogP contribution in [0.1, 0.15) is 12.8 Å². The average molecular weight is 287 g/mol. The first-order valence-electron chi connectivity index (χ1n) is 5.91. The summed E-state index contributed by atoms with van der Waals surface area (Å²) in [5.74, 6) is 0.684. The molecule has 0 aromatic carbocycles. The molecule has 8 heteroatoms. The van der Waals surface area contributed by atoms with E-state index in [1.54, 1.807) is 0 Å². The number of hydrogen-bond acceptors (Lipinski definition) is 5. The third-order valence-corrected chi connectivity index (χ3v) is 3.19. The highest BCUT2D eigenvalue weighted by atomic mass is 35.5. The van der Waals surface area contributed by atoms with Crippen molar-refractivity contribution in [1.82, 2.24) is 14.9 Å². The highest BCUT2D eigenvalue weighted by Gasteiger charge is 2.23. The van der Waals surface area contributed by atoms with E-state index in [4.69, 9.17) is 21.4 Å². The molecule has 1 unspecified atom stereocenters. The summed E-state index contributed by atoms with van der Waals surface area (Å²) in [7, 11) is 1.48. The maximum absolute atomic E-state index is 10.9. The van der Waals surface area contributed by atoms with Gasteiger partial charge in [-0.15, -0.1) is 0 Å². The maximum Gasteiger partial charge on any atom is 0.407 e. The van der Waals surface area contributed by atoms with Gasteiger partial charge in [0.25, 0.3) is 0 Å². The molecule has 1 amide bonds. The Labute approximate surface area is 115 Å². The van der Waals surface area contributed by atoms with Gasteiger partial charge in [-0.25, -0.2) is 9.78 Å². The number of methoxy groups -OCH3 is 1. The lowest BCUT2D eigenvalue weighted by Gasteiger charge is -2.31. The van der Waals surface area contributed by atoms with E-state index in [0.717, 1.165) is 12.8 Å². The number of ether oxygens (including phenoxy) is 1. The zero-order valence-corrected chi connectivity index (χ0v) is 11.2. The van der Waals surface area contributed by atoms with E-state index < -0.39 is 6.09 Å². The van der Waals surface area contributed by atoms with Crippen molar-refractivity contribution in [3.05, 3.63) is 11.2 Å². The molecule has 1 saturated heterocycles. The summed E-state index contributed by atoms with van der Waals surface area (Å²) >= 11 is 5.84. The van der Waals surface area contributed by atoms with Gasteiger partial charge in [0, 0.05) is 19.1 Å². The summed E-state index contributed by atoms with van der Waals surface area (Å²) in [5.41, 5.74) is 0. The Morgan fingerprint density at radius 3 is 3.16 bits per heavy atom. The van der Waals surface area contributed by atoms with E-state index >= 15 is 0 Å². The van der Waals surface area contributed by atoms with E-state index in [9.17, 15) is 4.79 Å². The molecule has 0 aliphatic carbocycles. The fourth-order valence-electron chi connectivity index (χ4n) is 2.02. The van der Waals surface area contributed by atoms with Crippen LogP contribution >= 0.6 is 11.6 Å². The lowest BCUT2D eigenvalue weighted by molar-refractivity contribution is 0.132. The van der Waals surface area contributed by atoms with Gasteiger partial charge in [0.1, 0.15) is 5.02 Å². The normalized spacial score (nSPS) is 19.1. The number of piperidine rings is 1. The molecular formula is C11H15ClN4O3. The number of rotatable bonds is 3. The van der Waals surface area contributed by atoms with Gasteiger partial charge in [0.05, 0.1) is 13.3 Å². The van der Waals surface area contributed by atoms with Crippen molar-refractivity contribution in [3.8, 4) is 5.88 Å². The Kier molecular flexibility index (Phi) is 4.26. The molecule has 2 rings (SSSR count). The van der Waals surface area contributed by atoms with Crippen LogP contribution in [-0.4, -0.2) is 52.3 Å². The van der Waals surface area contributed by atoms with Crippen LogP contribution in [0, 0.1) is 0 Å². The van der Waals surface area contributed by atoms with Gasteiger partial charge in [-0.1, -0.05) is 11.6 Å². The number of nitrogens with zero attached hydrogens (tertiary/aromatic N) is 3. The molecule has 104 valence electrons. The van der Waals surface area contributed by atoms with E-state index in [0.29, 0.717) is 29.9 Å². The monoisotopic (exact) mass is 286 g/mol. The van der Waals surface area contributed by atoms with Crippen molar-refractivity contribution in [1.29, 1.82) is 0 Å². The third kappa shape index (κ3) is 3.37. The highest BCUT2D eigenvalue weighted by Crippen LogP contribution is 2.22. The number of likely N-dealkylation sites (tertiary alicyclic amines) is 1. The lowest BCUT2D eigenvalue weighted by Crippen LogP contribution is -2.44. The van der Waals surface area contributed by atoms with Gasteiger partial charge in [-0.2, -0.15) is 4.98 Å². The van der Waals surface area contributed by atoms with E-state index in [1.165, 1.54) is 18.2 Å². The molecule has 1 atom stereocenters. The minimum absolute atomic E-state index is 0.00395. The summed E-state index contributed by atoms with van der Waals surface area (Å²) in [6.45, 7) is 0.988. The molecule has 1 aromatic heterocycles. The Hall–Kier alpha value is -1.76. The van der Waals surface area contributed by atoms with Crippen LogP contribution in [0.2, 0.25) is 5.02 Å². The summed E-state index contributed by atoms with van der Waals surface area (Å²) in [6, 6.07) is -0.00395. The Morgan fingerprint density at radius 2 is 2.47 bits per heavy atom. The van der Waals surface area contributed by atoms with E-state index in [2.05, 4.69) is 15.3 Å². The molecule has 1 fully saturated rings. The number of amides is 1. The number of carbonyl (C=O) groups is 1. The smallest absolute Gasteiger partial charge is 0.407 e. The number of hydrogen-bond donors (Lipinski definition) is 2. The molecule has 7 nitrogen and oxygen atoms in total. The zero-order valence-electron chi connectivity index (χ0n) is 10.5. The van der Waals surface area contributed by atoms with Crippen LogP contribution in [0.15, 0.2) is 6.20 Å². The van der Waals surface area contributed by atoms with Crippen molar-refractivity contribution < 1.29 is 14.6 Å². The molecule has 1 aliphatic heterocycles. The van der Waals surface area contributed by atoms with Crippen LogP contribution < -0.4 is 10.1 Å². The molecule has 0 saturated carbocycles. The van der Waals surface area contributed by atoms with Gasteiger partial charge in [-0.3, -0.25) is 0 Å². The van der Waals surface area contributed by atoms with Crippen molar-refractivity contribution >= 4 is 23.6 Å². The number of aromatic nitrogens is 2. The first-order valence-corrected chi connectivity index (χ1v) is 6.29. The quantitative estimate of drug-likeness (QED) is 0.879. The highest BCUT2D eigenvalue weighted by molar-refractivity contribution is 6.31. The average Bonchev–Trinajstić information content (AvgIpc) is 2.41. The zero-order chi connectivity index (χ0) is 13.8. The number of anilines is 1. The van der Waals surface area contributed by atoms with Gasteiger partial charge in [-0.05, 0) is 12.8 Å². The van der Waals surface area contributed by atoms with Crippen LogP contribution in [0.3, 0.4) is 0 Å². The second kappa shape index (κ2) is 5.92. The third-order valence-electron chi connectivity index (χ3n) is 2.93. The fraction of sp³-hybridized carbons (Fsp3) is 0.545. The molecule has 2 heterocycles. The topological polar surface area (TPSA) is 87.6 Å². The molecule has 0 bridgehead atoms. The minimum Gasteiger partial charge on any atom is -0.480 e. The molecule has 19 heavy (non-hydrogen) atoms. The summed E-state index contributed by atoms with van der Waals surface area (Å²) in [5, 5.41) is 12.4. The first kappa shape index (κ1) is 13.7. The van der Waals surface area contributed by atoms with Gasteiger partial charge >= 0.3 is 6.09 Å². The largest absolute Gasteiger partial charge is 0.480 e. The van der Waals surface area contributed by atoms with Crippen LogP contribution in [0.5, 0.6) is 5.88 Å². The predicted molar refractivity (Wildman–Crippen MR) is 69.8 cm³/mol. The van der Waals surface area contributed by atoms with Gasteiger partial charge in [0.15, 0.2) is 0 Å². The predicted octanol–water partition coefficient (Wildman–Crippen LogP) is 1.69.